The Hall–Kier alpha value is -2.37. The molecule has 0 saturated carbocycles. The van der Waals surface area contributed by atoms with Gasteiger partial charge in [-0.3, -0.25) is 9.78 Å². The number of esters is 1. The maximum atomic E-state index is 11.4. The minimum Gasteiger partial charge on any atom is -0.465 e. The first-order chi connectivity index (χ1) is 8.70. The highest BCUT2D eigenvalue weighted by molar-refractivity contribution is 5.70. The molecule has 0 unspecified atom stereocenters. The Balaban J connectivity index is 2.20. The second kappa shape index (κ2) is 5.31. The standard InChI is InChI=1S/C12H14N4O2/c1-2-18-12(17)8-16-11(13)7-10(15-16)9-3-5-14-6-4-9/h3-7H,2,8,13H2,1H3. The van der Waals surface area contributed by atoms with E-state index in [1.165, 1.54) is 4.68 Å². The number of rotatable bonds is 4. The summed E-state index contributed by atoms with van der Waals surface area (Å²) < 4.78 is 6.27. The van der Waals surface area contributed by atoms with Gasteiger partial charge in [-0.15, -0.1) is 0 Å². The van der Waals surface area contributed by atoms with Gasteiger partial charge in [0.25, 0.3) is 0 Å². The van der Waals surface area contributed by atoms with Crippen molar-refractivity contribution in [3.63, 3.8) is 0 Å². The highest BCUT2D eigenvalue weighted by Gasteiger charge is 2.10. The maximum absolute atomic E-state index is 11.4. The van der Waals surface area contributed by atoms with Crippen molar-refractivity contribution in [1.82, 2.24) is 14.8 Å². The Bertz CT molecular complexity index is 536. The third-order valence-electron chi connectivity index (χ3n) is 2.37. The average molecular weight is 246 g/mol. The Morgan fingerprint density at radius 3 is 2.83 bits per heavy atom. The minimum absolute atomic E-state index is 0.0186. The molecule has 2 aromatic rings. The lowest BCUT2D eigenvalue weighted by atomic mass is 10.2. The molecule has 0 aliphatic heterocycles. The number of ether oxygens (including phenoxy) is 1. The zero-order valence-corrected chi connectivity index (χ0v) is 10.0. The van der Waals surface area contributed by atoms with E-state index in [0.717, 1.165) is 5.56 Å². The molecule has 0 amide bonds. The second-order valence-corrected chi connectivity index (χ2v) is 3.65. The zero-order chi connectivity index (χ0) is 13.0. The van der Waals surface area contributed by atoms with Crippen LogP contribution in [0.2, 0.25) is 0 Å². The number of hydrogen-bond acceptors (Lipinski definition) is 5. The number of nitrogen functional groups attached to an aromatic ring is 1. The summed E-state index contributed by atoms with van der Waals surface area (Å²) in [7, 11) is 0. The number of hydrogen-bond donors (Lipinski definition) is 1. The van der Waals surface area contributed by atoms with Crippen LogP contribution in [0.1, 0.15) is 6.92 Å². The molecule has 0 bridgehead atoms. The summed E-state index contributed by atoms with van der Waals surface area (Å²) in [5, 5.41) is 4.27. The van der Waals surface area contributed by atoms with Crippen LogP contribution < -0.4 is 5.73 Å². The second-order valence-electron chi connectivity index (χ2n) is 3.65. The van der Waals surface area contributed by atoms with Gasteiger partial charge in [0.2, 0.25) is 0 Å². The highest BCUT2D eigenvalue weighted by atomic mass is 16.5. The van der Waals surface area contributed by atoms with Crippen molar-refractivity contribution < 1.29 is 9.53 Å². The number of nitrogens with two attached hydrogens (primary N) is 1. The zero-order valence-electron chi connectivity index (χ0n) is 10.0. The topological polar surface area (TPSA) is 83.0 Å². The van der Waals surface area contributed by atoms with Crippen LogP contribution in [0.5, 0.6) is 0 Å². The Morgan fingerprint density at radius 1 is 1.44 bits per heavy atom. The van der Waals surface area contributed by atoms with Crippen LogP contribution in [-0.2, 0) is 16.1 Å². The van der Waals surface area contributed by atoms with Gasteiger partial charge < -0.3 is 10.5 Å². The fourth-order valence-corrected chi connectivity index (χ4v) is 1.55. The van der Waals surface area contributed by atoms with Gasteiger partial charge in [-0.2, -0.15) is 5.10 Å². The lowest BCUT2D eigenvalue weighted by molar-refractivity contribution is -0.143. The molecule has 0 radical (unpaired) electrons. The van der Waals surface area contributed by atoms with Crippen molar-refractivity contribution in [3.05, 3.63) is 30.6 Å². The molecule has 0 aromatic carbocycles. The number of carbonyl (C=O) groups excluding carboxylic acids is 1. The van der Waals surface area contributed by atoms with E-state index in [-0.39, 0.29) is 12.5 Å². The van der Waals surface area contributed by atoms with E-state index >= 15 is 0 Å². The first-order valence-electron chi connectivity index (χ1n) is 5.60. The summed E-state index contributed by atoms with van der Waals surface area (Å²) >= 11 is 0. The number of anilines is 1. The molecule has 2 N–H and O–H groups in total. The molecule has 94 valence electrons. The molecule has 2 heterocycles. The van der Waals surface area contributed by atoms with Gasteiger partial charge in [-0.05, 0) is 19.1 Å². The number of nitrogens with zero attached hydrogens (tertiary/aromatic N) is 3. The monoisotopic (exact) mass is 246 g/mol. The lowest BCUT2D eigenvalue weighted by Crippen LogP contribution is -2.16. The van der Waals surface area contributed by atoms with Crippen LogP contribution >= 0.6 is 0 Å². The average Bonchev–Trinajstić information content (AvgIpc) is 2.72. The fraction of sp³-hybridized carbons (Fsp3) is 0.250. The van der Waals surface area contributed by atoms with Crippen molar-refractivity contribution in [2.75, 3.05) is 12.3 Å². The van der Waals surface area contributed by atoms with Crippen LogP contribution in [-0.4, -0.2) is 27.3 Å². The Labute approximate surface area is 104 Å². The minimum atomic E-state index is -0.353. The van der Waals surface area contributed by atoms with E-state index in [0.29, 0.717) is 18.1 Å². The maximum Gasteiger partial charge on any atom is 0.327 e. The van der Waals surface area contributed by atoms with Crippen molar-refractivity contribution in [1.29, 1.82) is 0 Å². The van der Waals surface area contributed by atoms with E-state index in [1.807, 2.05) is 12.1 Å². The van der Waals surface area contributed by atoms with E-state index < -0.39 is 0 Å². The van der Waals surface area contributed by atoms with Crippen LogP contribution in [0, 0.1) is 0 Å². The fourth-order valence-electron chi connectivity index (χ4n) is 1.55. The first-order valence-corrected chi connectivity index (χ1v) is 5.60. The summed E-state index contributed by atoms with van der Waals surface area (Å²) in [4.78, 5) is 15.3. The molecule has 2 aromatic heterocycles. The number of pyridine rings is 1. The van der Waals surface area contributed by atoms with Crippen molar-refractivity contribution in [2.24, 2.45) is 0 Å². The van der Waals surface area contributed by atoms with Crippen molar-refractivity contribution in [3.8, 4) is 11.3 Å². The highest BCUT2D eigenvalue weighted by Crippen LogP contribution is 2.19. The summed E-state index contributed by atoms with van der Waals surface area (Å²) in [6.07, 6.45) is 3.35. The third-order valence-corrected chi connectivity index (χ3v) is 2.37. The van der Waals surface area contributed by atoms with E-state index in [9.17, 15) is 4.79 Å². The van der Waals surface area contributed by atoms with Gasteiger partial charge in [0.1, 0.15) is 12.4 Å². The lowest BCUT2D eigenvalue weighted by Gasteiger charge is -2.03. The van der Waals surface area contributed by atoms with Crippen LogP contribution in [0.4, 0.5) is 5.82 Å². The molecule has 6 heteroatoms. The van der Waals surface area contributed by atoms with E-state index in [4.69, 9.17) is 10.5 Å². The summed E-state index contributed by atoms with van der Waals surface area (Å²) in [5.74, 6) is 0.0726. The van der Waals surface area contributed by atoms with Gasteiger partial charge in [0.05, 0.1) is 12.3 Å². The normalized spacial score (nSPS) is 10.3. The molecule has 0 aliphatic rings. The molecular weight excluding hydrogens is 232 g/mol. The third kappa shape index (κ3) is 2.65. The molecule has 0 saturated heterocycles. The van der Waals surface area contributed by atoms with Crippen LogP contribution in [0.25, 0.3) is 11.3 Å². The molecular formula is C12H14N4O2. The summed E-state index contributed by atoms with van der Waals surface area (Å²) in [6.45, 7) is 2.12. The van der Waals surface area contributed by atoms with Gasteiger partial charge >= 0.3 is 5.97 Å². The Morgan fingerprint density at radius 2 is 2.17 bits per heavy atom. The molecule has 0 fully saturated rings. The van der Waals surface area contributed by atoms with Gasteiger partial charge in [-0.1, -0.05) is 0 Å². The quantitative estimate of drug-likeness (QED) is 0.816. The SMILES string of the molecule is CCOC(=O)Cn1nc(-c2ccncc2)cc1N. The van der Waals surface area contributed by atoms with E-state index in [2.05, 4.69) is 10.1 Å². The predicted molar refractivity (Wildman–Crippen MR) is 66.5 cm³/mol. The molecule has 0 aliphatic carbocycles. The predicted octanol–water partition coefficient (Wildman–Crippen LogP) is 1.09. The summed E-state index contributed by atoms with van der Waals surface area (Å²) in [5.41, 5.74) is 7.41. The molecule has 2 rings (SSSR count). The largest absolute Gasteiger partial charge is 0.465 e. The smallest absolute Gasteiger partial charge is 0.327 e. The van der Waals surface area contributed by atoms with Gasteiger partial charge in [0, 0.05) is 24.0 Å². The molecule has 0 atom stereocenters. The Kier molecular flexibility index (Phi) is 3.57. The van der Waals surface area contributed by atoms with Crippen molar-refractivity contribution in [2.45, 2.75) is 13.5 Å². The van der Waals surface area contributed by atoms with Crippen molar-refractivity contribution >= 4 is 11.8 Å². The molecule has 0 spiro atoms. The molecule has 6 nitrogen and oxygen atoms in total. The number of aromatic nitrogens is 3. The van der Waals surface area contributed by atoms with Gasteiger partial charge in [-0.25, -0.2) is 4.68 Å². The summed E-state index contributed by atoms with van der Waals surface area (Å²) in [6, 6.07) is 5.38. The first kappa shape index (κ1) is 12.1. The molecule has 18 heavy (non-hydrogen) atoms. The number of carbonyl (C=O) groups is 1. The van der Waals surface area contributed by atoms with E-state index in [1.54, 1.807) is 25.4 Å². The van der Waals surface area contributed by atoms with Gasteiger partial charge in [0.15, 0.2) is 0 Å². The van der Waals surface area contributed by atoms with Crippen LogP contribution in [0.3, 0.4) is 0 Å². The van der Waals surface area contributed by atoms with Crippen LogP contribution in [0.15, 0.2) is 30.6 Å².